The van der Waals surface area contributed by atoms with Crippen LogP contribution in [0.25, 0.3) is 0 Å². The molecule has 2 fully saturated rings. The molecule has 2 saturated heterocycles. The van der Waals surface area contributed by atoms with Crippen LogP contribution in [0.2, 0.25) is 0 Å². The van der Waals surface area contributed by atoms with Gasteiger partial charge in [-0.05, 0) is 24.3 Å². The lowest BCUT2D eigenvalue weighted by Gasteiger charge is -2.47. The summed E-state index contributed by atoms with van der Waals surface area (Å²) in [5.41, 5.74) is 0.522. The Kier molecular flexibility index (Phi) is 3.69. The zero-order valence-electron chi connectivity index (χ0n) is 12.6. The van der Waals surface area contributed by atoms with E-state index >= 15 is 0 Å². The normalized spacial score (nSPS) is 21.9. The SMILES string of the molecule is O=C(c1ccccn1)N1CC2(C[C@H](Oc3cccnc3)CS2)C1. The Hall–Kier alpha value is -2.08. The molecule has 0 N–H and O–H groups in total. The number of aromatic nitrogens is 2. The van der Waals surface area contributed by atoms with Crippen LogP contribution in [0.5, 0.6) is 5.75 Å². The Morgan fingerprint density at radius 3 is 2.91 bits per heavy atom. The fourth-order valence-corrected chi connectivity index (χ4v) is 4.68. The van der Waals surface area contributed by atoms with E-state index in [1.165, 1.54) is 0 Å². The highest BCUT2D eigenvalue weighted by atomic mass is 32.2. The topological polar surface area (TPSA) is 55.3 Å². The highest BCUT2D eigenvalue weighted by Gasteiger charge is 2.51. The standard InChI is InChI=1S/C17H17N3O2S/c21-16(15-5-1-2-7-19-15)20-11-17(12-20)8-14(10-23-17)22-13-4-3-6-18-9-13/h1-7,9,14H,8,10-12H2/t14-/m0/s1. The second-order valence-corrected chi connectivity index (χ2v) is 7.49. The molecule has 0 unspecified atom stereocenters. The first-order valence-electron chi connectivity index (χ1n) is 7.65. The summed E-state index contributed by atoms with van der Waals surface area (Å²) in [6.07, 6.45) is 6.30. The second-order valence-electron chi connectivity index (χ2n) is 6.00. The fraction of sp³-hybridized carbons (Fsp3) is 0.353. The number of thioether (sulfide) groups is 1. The molecule has 2 aliphatic rings. The maximum atomic E-state index is 12.4. The van der Waals surface area contributed by atoms with E-state index in [9.17, 15) is 4.79 Å². The minimum absolute atomic E-state index is 0.0217. The molecule has 0 aliphatic carbocycles. The van der Waals surface area contributed by atoms with Crippen LogP contribution in [-0.2, 0) is 0 Å². The Bertz CT molecular complexity index is 689. The molecule has 6 heteroatoms. The molecule has 4 rings (SSSR count). The molecule has 2 aromatic heterocycles. The highest BCUT2D eigenvalue weighted by molar-refractivity contribution is 8.01. The molecular weight excluding hydrogens is 310 g/mol. The quantitative estimate of drug-likeness (QED) is 0.865. The number of carbonyl (C=O) groups is 1. The van der Waals surface area contributed by atoms with E-state index in [-0.39, 0.29) is 16.8 Å². The van der Waals surface area contributed by atoms with Crippen molar-refractivity contribution in [1.29, 1.82) is 0 Å². The van der Waals surface area contributed by atoms with Gasteiger partial charge in [0.15, 0.2) is 0 Å². The molecule has 2 aliphatic heterocycles. The van der Waals surface area contributed by atoms with Crippen molar-refractivity contribution in [1.82, 2.24) is 14.9 Å². The van der Waals surface area contributed by atoms with Crippen molar-refractivity contribution >= 4 is 17.7 Å². The van der Waals surface area contributed by atoms with Gasteiger partial charge in [0, 0.05) is 37.7 Å². The van der Waals surface area contributed by atoms with Crippen molar-refractivity contribution < 1.29 is 9.53 Å². The van der Waals surface area contributed by atoms with Crippen LogP contribution in [0.3, 0.4) is 0 Å². The summed E-state index contributed by atoms with van der Waals surface area (Å²) in [5.74, 6) is 1.80. The van der Waals surface area contributed by atoms with Gasteiger partial charge in [-0.3, -0.25) is 14.8 Å². The maximum absolute atomic E-state index is 12.4. The second kappa shape index (κ2) is 5.85. The Labute approximate surface area is 139 Å². The molecule has 5 nitrogen and oxygen atoms in total. The Morgan fingerprint density at radius 1 is 1.26 bits per heavy atom. The van der Waals surface area contributed by atoms with Gasteiger partial charge in [-0.15, -0.1) is 11.8 Å². The van der Waals surface area contributed by atoms with E-state index in [0.29, 0.717) is 5.69 Å². The van der Waals surface area contributed by atoms with Crippen molar-refractivity contribution in [3.05, 3.63) is 54.6 Å². The molecule has 0 saturated carbocycles. The maximum Gasteiger partial charge on any atom is 0.272 e. The average molecular weight is 327 g/mol. The predicted molar refractivity (Wildman–Crippen MR) is 88.6 cm³/mol. The van der Waals surface area contributed by atoms with Gasteiger partial charge in [-0.2, -0.15) is 0 Å². The van der Waals surface area contributed by atoms with Gasteiger partial charge in [0.1, 0.15) is 17.5 Å². The van der Waals surface area contributed by atoms with E-state index in [1.807, 2.05) is 40.9 Å². The zero-order valence-corrected chi connectivity index (χ0v) is 13.4. The van der Waals surface area contributed by atoms with Crippen LogP contribution in [-0.4, -0.2) is 50.5 Å². The number of likely N-dealkylation sites (tertiary alicyclic amines) is 1. The number of nitrogens with zero attached hydrogens (tertiary/aromatic N) is 3. The van der Waals surface area contributed by atoms with Gasteiger partial charge in [-0.1, -0.05) is 6.07 Å². The van der Waals surface area contributed by atoms with Crippen LogP contribution < -0.4 is 4.74 Å². The van der Waals surface area contributed by atoms with Crippen molar-refractivity contribution in [2.24, 2.45) is 0 Å². The summed E-state index contributed by atoms with van der Waals surface area (Å²) in [6.45, 7) is 1.56. The molecule has 0 bridgehead atoms. The van der Waals surface area contributed by atoms with Gasteiger partial charge in [-0.25, -0.2) is 0 Å². The van der Waals surface area contributed by atoms with Crippen molar-refractivity contribution in [3.8, 4) is 5.75 Å². The minimum Gasteiger partial charge on any atom is -0.488 e. The van der Waals surface area contributed by atoms with E-state index in [0.717, 1.165) is 31.0 Å². The zero-order chi connectivity index (χ0) is 15.7. The van der Waals surface area contributed by atoms with Gasteiger partial charge >= 0.3 is 0 Å². The number of hydrogen-bond donors (Lipinski definition) is 0. The first kappa shape index (κ1) is 14.5. The van der Waals surface area contributed by atoms with Gasteiger partial charge < -0.3 is 9.64 Å². The summed E-state index contributed by atoms with van der Waals surface area (Å²) in [6, 6.07) is 9.24. The predicted octanol–water partition coefficient (Wildman–Crippen LogP) is 2.26. The molecule has 118 valence electrons. The Balaban J connectivity index is 1.34. The lowest BCUT2D eigenvalue weighted by atomic mass is 9.92. The van der Waals surface area contributed by atoms with Crippen LogP contribution >= 0.6 is 11.8 Å². The monoisotopic (exact) mass is 327 g/mol. The van der Waals surface area contributed by atoms with Crippen LogP contribution in [0, 0.1) is 0 Å². The molecule has 23 heavy (non-hydrogen) atoms. The molecule has 2 aromatic rings. The number of rotatable bonds is 3. The Morgan fingerprint density at radius 2 is 2.17 bits per heavy atom. The number of carbonyl (C=O) groups excluding carboxylic acids is 1. The first-order chi connectivity index (χ1) is 11.2. The molecule has 1 amide bonds. The molecule has 1 atom stereocenters. The largest absolute Gasteiger partial charge is 0.488 e. The number of hydrogen-bond acceptors (Lipinski definition) is 5. The molecule has 0 aromatic carbocycles. The first-order valence-corrected chi connectivity index (χ1v) is 8.64. The van der Waals surface area contributed by atoms with Crippen LogP contribution in [0.15, 0.2) is 48.9 Å². The summed E-state index contributed by atoms with van der Waals surface area (Å²) in [7, 11) is 0. The number of pyridine rings is 2. The molecule has 1 spiro atoms. The van der Waals surface area contributed by atoms with Gasteiger partial charge in [0.25, 0.3) is 5.91 Å². The number of ether oxygens (including phenoxy) is 1. The van der Waals surface area contributed by atoms with Crippen molar-refractivity contribution in [3.63, 3.8) is 0 Å². The van der Waals surface area contributed by atoms with Gasteiger partial charge in [0.05, 0.1) is 10.9 Å². The van der Waals surface area contributed by atoms with Crippen LogP contribution in [0.4, 0.5) is 0 Å². The smallest absolute Gasteiger partial charge is 0.272 e. The molecule has 4 heterocycles. The van der Waals surface area contributed by atoms with Crippen LogP contribution in [0.1, 0.15) is 16.9 Å². The molecule has 0 radical (unpaired) electrons. The summed E-state index contributed by atoms with van der Waals surface area (Å²) in [4.78, 5) is 22.4. The fourth-order valence-electron chi connectivity index (χ4n) is 3.15. The third kappa shape index (κ3) is 2.91. The third-order valence-electron chi connectivity index (χ3n) is 4.24. The minimum atomic E-state index is 0.0217. The highest BCUT2D eigenvalue weighted by Crippen LogP contribution is 2.46. The van der Waals surface area contributed by atoms with E-state index in [4.69, 9.17) is 4.74 Å². The third-order valence-corrected chi connectivity index (χ3v) is 5.82. The summed E-state index contributed by atoms with van der Waals surface area (Å²) in [5, 5.41) is 0. The van der Waals surface area contributed by atoms with Gasteiger partial charge in [0.2, 0.25) is 0 Å². The lowest BCUT2D eigenvalue weighted by molar-refractivity contribution is 0.0512. The van der Waals surface area contributed by atoms with E-state index in [1.54, 1.807) is 24.7 Å². The van der Waals surface area contributed by atoms with Crippen molar-refractivity contribution in [2.45, 2.75) is 17.3 Å². The average Bonchev–Trinajstić information content (AvgIpc) is 2.99. The lowest BCUT2D eigenvalue weighted by Crippen LogP contribution is -2.60. The number of amides is 1. The molecular formula is C17H17N3O2S. The van der Waals surface area contributed by atoms with Crippen molar-refractivity contribution in [2.75, 3.05) is 18.8 Å². The summed E-state index contributed by atoms with van der Waals surface area (Å²) >= 11 is 1.92. The van der Waals surface area contributed by atoms with E-state index < -0.39 is 0 Å². The van der Waals surface area contributed by atoms with E-state index in [2.05, 4.69) is 9.97 Å². The summed E-state index contributed by atoms with van der Waals surface area (Å²) < 4.78 is 6.14.